The van der Waals surface area contributed by atoms with E-state index in [-0.39, 0.29) is 17.2 Å². The molecule has 0 spiro atoms. The largest absolute Gasteiger partial charge is 0.468 e. The Morgan fingerprint density at radius 1 is 1.03 bits per heavy atom. The lowest BCUT2D eigenvalue weighted by Gasteiger charge is -2.33. The number of methoxy groups -OCH3 is 1. The van der Waals surface area contributed by atoms with Crippen LogP contribution in [0.1, 0.15) is 27.1 Å². The van der Waals surface area contributed by atoms with E-state index in [9.17, 15) is 13.2 Å². The fourth-order valence-corrected chi connectivity index (χ4v) is 6.35. The predicted octanol–water partition coefficient (Wildman–Crippen LogP) is 3.74. The van der Waals surface area contributed by atoms with Crippen molar-refractivity contribution in [3.63, 3.8) is 0 Å². The van der Waals surface area contributed by atoms with E-state index in [0.29, 0.717) is 4.88 Å². The fraction of sp³-hybridized carbons (Fsp3) is 0.208. The van der Waals surface area contributed by atoms with E-state index in [2.05, 4.69) is 11.8 Å². The molecule has 0 fully saturated rings. The van der Waals surface area contributed by atoms with Crippen LogP contribution < -0.4 is 0 Å². The van der Waals surface area contributed by atoms with E-state index in [1.807, 2.05) is 55.5 Å². The molecule has 0 bridgehead atoms. The number of thiophene rings is 1. The minimum Gasteiger partial charge on any atom is -0.468 e. The molecule has 158 valence electrons. The number of fused-ring (bicyclic) bond motifs is 1. The summed E-state index contributed by atoms with van der Waals surface area (Å²) in [7, 11) is -2.62. The Bertz CT molecular complexity index is 1280. The quantitative estimate of drug-likeness (QED) is 0.450. The number of nitrogens with zero attached hydrogens (tertiary/aromatic N) is 1. The van der Waals surface area contributed by atoms with Crippen LogP contribution in [0.15, 0.2) is 64.9 Å². The Hall–Kier alpha value is -2.92. The summed E-state index contributed by atoms with van der Waals surface area (Å²) in [5.41, 5.74) is 3.86. The van der Waals surface area contributed by atoms with Gasteiger partial charge in [-0.2, -0.15) is 4.31 Å². The van der Waals surface area contributed by atoms with Crippen molar-refractivity contribution in [1.29, 1.82) is 0 Å². The third kappa shape index (κ3) is 4.42. The number of carbonyl (C=O) groups excluding carboxylic acids is 1. The number of hydrogen-bond acceptors (Lipinski definition) is 5. The van der Waals surface area contributed by atoms with E-state index in [1.54, 1.807) is 12.1 Å². The second-order valence-electron chi connectivity index (χ2n) is 7.30. The van der Waals surface area contributed by atoms with Gasteiger partial charge in [-0.15, -0.1) is 11.3 Å². The van der Waals surface area contributed by atoms with Gasteiger partial charge in [-0.05, 0) is 42.3 Å². The Balaban J connectivity index is 1.64. The summed E-state index contributed by atoms with van der Waals surface area (Å²) in [6.45, 7) is 2.13. The minimum atomic E-state index is -3.89. The van der Waals surface area contributed by atoms with Gasteiger partial charge in [0.15, 0.2) is 0 Å². The molecule has 1 atom stereocenters. The van der Waals surface area contributed by atoms with E-state index in [4.69, 9.17) is 4.74 Å². The lowest BCUT2D eigenvalue weighted by Crippen LogP contribution is -2.48. The van der Waals surface area contributed by atoms with Crippen molar-refractivity contribution in [2.75, 3.05) is 7.11 Å². The number of benzene rings is 2. The molecule has 0 saturated carbocycles. The number of rotatable bonds is 3. The van der Waals surface area contributed by atoms with Crippen LogP contribution in [0, 0.1) is 18.8 Å². The average Bonchev–Trinajstić information content (AvgIpc) is 3.27. The van der Waals surface area contributed by atoms with Crippen LogP contribution in [0.5, 0.6) is 0 Å². The second kappa shape index (κ2) is 8.67. The number of aryl methyl sites for hydroxylation is 1. The highest BCUT2D eigenvalue weighted by molar-refractivity contribution is 7.91. The van der Waals surface area contributed by atoms with Gasteiger partial charge in [-0.3, -0.25) is 4.79 Å². The van der Waals surface area contributed by atoms with Gasteiger partial charge in [-0.25, -0.2) is 8.42 Å². The van der Waals surface area contributed by atoms with Crippen LogP contribution in [0.4, 0.5) is 0 Å². The zero-order chi connectivity index (χ0) is 22.0. The van der Waals surface area contributed by atoms with Gasteiger partial charge in [0.1, 0.15) is 10.3 Å². The standard InChI is InChI=1S/C24H21NO4S2/c1-17-7-9-18(10-8-17)11-12-21-13-14-23(30-21)31(27,28)25-16-20-6-4-3-5-19(20)15-22(25)24(26)29-2/h3-10,13-14,22H,15-16H2,1-2H3. The smallest absolute Gasteiger partial charge is 0.324 e. The molecule has 31 heavy (non-hydrogen) atoms. The topological polar surface area (TPSA) is 63.7 Å². The van der Waals surface area contributed by atoms with Gasteiger partial charge < -0.3 is 4.74 Å². The van der Waals surface area contributed by atoms with Crippen molar-refractivity contribution < 1.29 is 17.9 Å². The van der Waals surface area contributed by atoms with Gasteiger partial charge >= 0.3 is 5.97 Å². The number of hydrogen-bond donors (Lipinski definition) is 0. The van der Waals surface area contributed by atoms with Gasteiger partial charge in [-0.1, -0.05) is 53.8 Å². The van der Waals surface area contributed by atoms with Crippen LogP contribution in [-0.2, 0) is 32.5 Å². The summed E-state index contributed by atoms with van der Waals surface area (Å²) in [6.07, 6.45) is 0.285. The monoisotopic (exact) mass is 451 g/mol. The van der Waals surface area contributed by atoms with E-state index in [1.165, 1.54) is 11.4 Å². The van der Waals surface area contributed by atoms with Crippen LogP contribution in [0.25, 0.3) is 0 Å². The van der Waals surface area contributed by atoms with Gasteiger partial charge in [0.05, 0.1) is 12.0 Å². The minimum absolute atomic E-state index is 0.126. The molecule has 0 N–H and O–H groups in total. The molecule has 1 aliphatic rings. The van der Waals surface area contributed by atoms with Crippen LogP contribution >= 0.6 is 11.3 Å². The summed E-state index contributed by atoms with van der Waals surface area (Å²) in [6, 6.07) is 17.7. The SMILES string of the molecule is COC(=O)C1Cc2ccccc2CN1S(=O)(=O)c1ccc(C#Cc2ccc(C)cc2)s1. The molecule has 0 saturated heterocycles. The summed E-state index contributed by atoms with van der Waals surface area (Å²) < 4.78 is 33.2. The molecule has 1 aliphatic heterocycles. The highest BCUT2D eigenvalue weighted by Gasteiger charge is 2.40. The van der Waals surface area contributed by atoms with Crippen molar-refractivity contribution in [3.05, 3.63) is 87.8 Å². The Kier molecular flexibility index (Phi) is 5.96. The maximum atomic E-state index is 13.4. The lowest BCUT2D eigenvalue weighted by molar-refractivity contribution is -0.145. The highest BCUT2D eigenvalue weighted by Crippen LogP contribution is 2.32. The van der Waals surface area contributed by atoms with Crippen LogP contribution in [0.3, 0.4) is 0 Å². The molecule has 0 radical (unpaired) electrons. The number of ether oxygens (including phenoxy) is 1. The third-order valence-corrected chi connectivity index (χ3v) is 8.53. The fourth-order valence-electron chi connectivity index (χ4n) is 3.50. The van der Waals surface area contributed by atoms with E-state index in [0.717, 1.165) is 33.6 Å². The zero-order valence-corrected chi connectivity index (χ0v) is 18.8. The third-order valence-electron chi connectivity index (χ3n) is 5.20. The predicted molar refractivity (Wildman–Crippen MR) is 120 cm³/mol. The van der Waals surface area contributed by atoms with Gasteiger partial charge in [0, 0.05) is 18.5 Å². The normalized spacial score (nSPS) is 16.1. The number of esters is 1. The van der Waals surface area contributed by atoms with Crippen molar-refractivity contribution in [3.8, 4) is 11.8 Å². The van der Waals surface area contributed by atoms with Crippen molar-refractivity contribution in [1.82, 2.24) is 4.31 Å². The Morgan fingerprint density at radius 3 is 2.45 bits per heavy atom. The molecule has 1 unspecified atom stereocenters. The van der Waals surface area contributed by atoms with Crippen molar-refractivity contribution >= 4 is 27.3 Å². The Morgan fingerprint density at radius 2 is 1.74 bits per heavy atom. The molecule has 0 aliphatic carbocycles. The lowest BCUT2D eigenvalue weighted by atomic mass is 9.96. The molecular weight excluding hydrogens is 430 g/mol. The van der Waals surface area contributed by atoms with E-state index >= 15 is 0 Å². The maximum Gasteiger partial charge on any atom is 0.324 e. The number of sulfonamides is 1. The first-order chi connectivity index (χ1) is 14.9. The summed E-state index contributed by atoms with van der Waals surface area (Å²) in [4.78, 5) is 13.1. The van der Waals surface area contributed by atoms with Crippen molar-refractivity contribution in [2.24, 2.45) is 0 Å². The molecule has 0 amide bonds. The first kappa shape index (κ1) is 21.3. The van der Waals surface area contributed by atoms with Crippen molar-refractivity contribution in [2.45, 2.75) is 30.1 Å². The molecule has 2 heterocycles. The second-order valence-corrected chi connectivity index (χ2v) is 10.5. The molecule has 2 aromatic carbocycles. The maximum absolute atomic E-state index is 13.4. The molecule has 3 aromatic rings. The summed E-state index contributed by atoms with van der Waals surface area (Å²) in [5.74, 6) is 5.53. The first-order valence-electron chi connectivity index (χ1n) is 9.73. The highest BCUT2D eigenvalue weighted by atomic mass is 32.2. The van der Waals surface area contributed by atoms with E-state index < -0.39 is 22.0 Å². The van der Waals surface area contributed by atoms with Crippen LogP contribution in [-0.4, -0.2) is 31.8 Å². The summed E-state index contributed by atoms with van der Waals surface area (Å²) in [5, 5.41) is 0. The molecule has 7 heteroatoms. The molecule has 5 nitrogen and oxygen atoms in total. The van der Waals surface area contributed by atoms with Gasteiger partial charge in [0.2, 0.25) is 0 Å². The van der Waals surface area contributed by atoms with Crippen LogP contribution in [0.2, 0.25) is 0 Å². The first-order valence-corrected chi connectivity index (χ1v) is 12.0. The number of carbonyl (C=O) groups is 1. The molecular formula is C24H21NO4S2. The summed E-state index contributed by atoms with van der Waals surface area (Å²) >= 11 is 1.10. The average molecular weight is 452 g/mol. The molecule has 1 aromatic heterocycles. The molecule has 4 rings (SSSR count). The zero-order valence-electron chi connectivity index (χ0n) is 17.2. The van der Waals surface area contributed by atoms with Gasteiger partial charge in [0.25, 0.3) is 10.0 Å². The Labute approximate surface area is 186 Å².